The first-order valence-electron chi connectivity index (χ1n) is 4.18. The molecule has 5 N–H and O–H groups in total. The lowest BCUT2D eigenvalue weighted by molar-refractivity contribution is 0.241. The van der Waals surface area contributed by atoms with Crippen LogP contribution in [0.3, 0.4) is 0 Å². The van der Waals surface area contributed by atoms with Gasteiger partial charge in [-0.1, -0.05) is 12.1 Å². The van der Waals surface area contributed by atoms with Crippen molar-refractivity contribution >= 4 is 11.9 Å². The second-order valence-electron chi connectivity index (χ2n) is 2.52. The van der Waals surface area contributed by atoms with Crippen molar-refractivity contribution in [3.05, 3.63) is 0 Å². The van der Waals surface area contributed by atoms with Crippen LogP contribution >= 0.6 is 0 Å². The lowest BCUT2D eigenvalue weighted by Crippen LogP contribution is -2.37. The van der Waals surface area contributed by atoms with E-state index in [-0.39, 0.29) is 11.9 Å². The Balaban J connectivity index is 3.37. The van der Waals surface area contributed by atoms with Crippen molar-refractivity contribution in [1.29, 1.82) is 0 Å². The number of rotatable bonds is 5. The molecule has 76 valence electrons. The summed E-state index contributed by atoms with van der Waals surface area (Å²) >= 11 is 0. The molecule has 6 heteroatoms. The van der Waals surface area contributed by atoms with Crippen LogP contribution < -0.4 is 16.4 Å². The summed E-state index contributed by atoms with van der Waals surface area (Å²) in [5.74, 6) is 0.107. The number of carbonyl (C=O) groups is 1. The molecule has 0 aliphatic carbocycles. The van der Waals surface area contributed by atoms with Gasteiger partial charge in [0.1, 0.15) is 5.84 Å². The third-order valence-electron chi connectivity index (χ3n) is 1.33. The fraction of sp³-hybridized carbons (Fsp3) is 0.714. The summed E-state index contributed by atoms with van der Waals surface area (Å²) in [7, 11) is 0. The summed E-state index contributed by atoms with van der Waals surface area (Å²) in [5, 5.41) is 16.1. The van der Waals surface area contributed by atoms with Gasteiger partial charge in [0, 0.05) is 19.5 Å². The Morgan fingerprint density at radius 2 is 2.08 bits per heavy atom. The first-order chi connectivity index (χ1) is 6.20. The summed E-state index contributed by atoms with van der Waals surface area (Å²) in [6.45, 7) is 2.98. The van der Waals surface area contributed by atoms with Gasteiger partial charge in [-0.05, 0) is 6.42 Å². The molecular formula is C7H16N4O2. The topological polar surface area (TPSA) is 99.7 Å². The van der Waals surface area contributed by atoms with Gasteiger partial charge in [0.05, 0.1) is 0 Å². The Labute approximate surface area is 77.2 Å². The molecule has 0 aromatic heterocycles. The molecule has 2 amide bonds. The van der Waals surface area contributed by atoms with Crippen molar-refractivity contribution in [3.8, 4) is 0 Å². The highest BCUT2D eigenvalue weighted by atomic mass is 16.4. The third-order valence-corrected chi connectivity index (χ3v) is 1.33. The molecule has 0 saturated carbocycles. The number of nitrogens with two attached hydrogens (primary N) is 1. The van der Waals surface area contributed by atoms with E-state index in [1.165, 1.54) is 0 Å². The number of oxime groups is 1. The monoisotopic (exact) mass is 188 g/mol. The molecule has 13 heavy (non-hydrogen) atoms. The van der Waals surface area contributed by atoms with E-state index in [0.29, 0.717) is 19.5 Å². The molecule has 0 bridgehead atoms. The zero-order valence-corrected chi connectivity index (χ0v) is 7.71. The molecule has 0 aliphatic heterocycles. The fourth-order valence-corrected chi connectivity index (χ4v) is 0.655. The highest BCUT2D eigenvalue weighted by molar-refractivity contribution is 5.80. The number of amidine groups is 1. The summed E-state index contributed by atoms with van der Waals surface area (Å²) < 4.78 is 0. The Morgan fingerprint density at radius 3 is 2.62 bits per heavy atom. The molecular weight excluding hydrogens is 172 g/mol. The van der Waals surface area contributed by atoms with Crippen LogP contribution in [0, 0.1) is 0 Å². The van der Waals surface area contributed by atoms with Crippen molar-refractivity contribution in [2.45, 2.75) is 19.8 Å². The largest absolute Gasteiger partial charge is 0.409 e. The maximum absolute atomic E-state index is 10.9. The predicted molar refractivity (Wildman–Crippen MR) is 49.7 cm³/mol. The van der Waals surface area contributed by atoms with Gasteiger partial charge < -0.3 is 21.6 Å². The number of hydrogen-bond acceptors (Lipinski definition) is 3. The van der Waals surface area contributed by atoms with Crippen molar-refractivity contribution < 1.29 is 10.0 Å². The minimum absolute atomic E-state index is 0.107. The van der Waals surface area contributed by atoms with Crippen LogP contribution in [0.5, 0.6) is 0 Å². The number of hydrogen-bond donors (Lipinski definition) is 4. The normalized spacial score (nSPS) is 11.0. The summed E-state index contributed by atoms with van der Waals surface area (Å²) in [6.07, 6.45) is 1.24. The molecule has 0 fully saturated rings. The van der Waals surface area contributed by atoms with Gasteiger partial charge in [-0.3, -0.25) is 0 Å². The molecule has 0 heterocycles. The van der Waals surface area contributed by atoms with Crippen LogP contribution in [0.2, 0.25) is 0 Å². The summed E-state index contributed by atoms with van der Waals surface area (Å²) in [4.78, 5) is 10.9. The predicted octanol–water partition coefficient (Wildman–Crippen LogP) is -0.168. The van der Waals surface area contributed by atoms with E-state index in [1.807, 2.05) is 6.92 Å². The number of nitrogens with zero attached hydrogens (tertiary/aromatic N) is 1. The Bertz CT molecular complexity index is 181. The first kappa shape index (κ1) is 11.5. The van der Waals surface area contributed by atoms with Crippen LogP contribution in [0.1, 0.15) is 19.8 Å². The Kier molecular flexibility index (Phi) is 6.39. The van der Waals surface area contributed by atoms with Gasteiger partial charge in [0.15, 0.2) is 0 Å². The molecule has 6 nitrogen and oxygen atoms in total. The van der Waals surface area contributed by atoms with E-state index in [1.54, 1.807) is 0 Å². The molecule has 0 spiro atoms. The van der Waals surface area contributed by atoms with Crippen molar-refractivity contribution in [1.82, 2.24) is 10.6 Å². The minimum atomic E-state index is -0.229. The van der Waals surface area contributed by atoms with E-state index < -0.39 is 0 Å². The fourth-order valence-electron chi connectivity index (χ4n) is 0.655. The maximum Gasteiger partial charge on any atom is 0.314 e. The maximum atomic E-state index is 10.9. The number of nitrogens with one attached hydrogen (secondary N) is 2. The zero-order valence-electron chi connectivity index (χ0n) is 7.71. The van der Waals surface area contributed by atoms with E-state index in [9.17, 15) is 4.79 Å². The quantitative estimate of drug-likeness (QED) is 0.208. The molecule has 0 rings (SSSR count). The third kappa shape index (κ3) is 6.92. The van der Waals surface area contributed by atoms with Gasteiger partial charge in [-0.25, -0.2) is 4.79 Å². The molecule has 0 aromatic rings. The summed E-state index contributed by atoms with van der Waals surface area (Å²) in [5.41, 5.74) is 5.19. The average molecular weight is 188 g/mol. The minimum Gasteiger partial charge on any atom is -0.409 e. The molecule has 0 unspecified atom stereocenters. The van der Waals surface area contributed by atoms with Gasteiger partial charge >= 0.3 is 6.03 Å². The lowest BCUT2D eigenvalue weighted by atomic mass is 10.4. The van der Waals surface area contributed by atoms with E-state index >= 15 is 0 Å². The van der Waals surface area contributed by atoms with Gasteiger partial charge in [-0.2, -0.15) is 0 Å². The van der Waals surface area contributed by atoms with Crippen LogP contribution in [-0.4, -0.2) is 30.2 Å². The van der Waals surface area contributed by atoms with E-state index in [0.717, 1.165) is 6.42 Å². The molecule has 0 radical (unpaired) electrons. The van der Waals surface area contributed by atoms with Crippen LogP contribution in [0.15, 0.2) is 5.16 Å². The van der Waals surface area contributed by atoms with E-state index in [2.05, 4.69) is 15.8 Å². The van der Waals surface area contributed by atoms with Gasteiger partial charge in [0.2, 0.25) is 0 Å². The Morgan fingerprint density at radius 1 is 1.46 bits per heavy atom. The first-order valence-corrected chi connectivity index (χ1v) is 4.18. The molecule has 0 aliphatic rings. The smallest absolute Gasteiger partial charge is 0.314 e. The highest BCUT2D eigenvalue weighted by Gasteiger charge is 1.98. The zero-order chi connectivity index (χ0) is 10.1. The SMILES string of the molecule is CCCNC(=O)NCCC(N)=NO. The second kappa shape index (κ2) is 7.20. The second-order valence-corrected chi connectivity index (χ2v) is 2.52. The Hall–Kier alpha value is -1.46. The summed E-state index contributed by atoms with van der Waals surface area (Å²) in [6, 6.07) is -0.229. The van der Waals surface area contributed by atoms with Crippen molar-refractivity contribution in [2.24, 2.45) is 10.9 Å². The number of carbonyl (C=O) groups excluding carboxylic acids is 1. The van der Waals surface area contributed by atoms with E-state index in [4.69, 9.17) is 10.9 Å². The van der Waals surface area contributed by atoms with Crippen LogP contribution in [0.25, 0.3) is 0 Å². The van der Waals surface area contributed by atoms with Crippen molar-refractivity contribution in [3.63, 3.8) is 0 Å². The molecule has 0 aromatic carbocycles. The van der Waals surface area contributed by atoms with Crippen LogP contribution in [-0.2, 0) is 0 Å². The van der Waals surface area contributed by atoms with Gasteiger partial charge in [-0.15, -0.1) is 0 Å². The van der Waals surface area contributed by atoms with Crippen molar-refractivity contribution in [2.75, 3.05) is 13.1 Å². The standard InChI is InChI=1S/C7H16N4O2/c1-2-4-9-7(12)10-5-3-6(8)11-13/h13H,2-5H2,1H3,(H2,8,11)(H2,9,10,12). The lowest BCUT2D eigenvalue weighted by Gasteiger charge is -2.05. The molecule has 0 saturated heterocycles. The molecule has 0 atom stereocenters. The number of amides is 2. The highest BCUT2D eigenvalue weighted by Crippen LogP contribution is 1.77. The number of urea groups is 1. The van der Waals surface area contributed by atoms with Gasteiger partial charge in [0.25, 0.3) is 0 Å². The average Bonchev–Trinajstić information content (AvgIpc) is 2.14. The van der Waals surface area contributed by atoms with Crippen LogP contribution in [0.4, 0.5) is 4.79 Å².